The number of nitrogens with one attached hydrogen (secondary N) is 2. The Balaban J connectivity index is 1.85. The van der Waals surface area contributed by atoms with E-state index in [1.165, 1.54) is 11.3 Å². The van der Waals surface area contributed by atoms with Crippen LogP contribution in [0.25, 0.3) is 0 Å². The smallest absolute Gasteiger partial charge is 0.254 e. The van der Waals surface area contributed by atoms with E-state index in [0.717, 1.165) is 55.5 Å². The number of carbonyl (C=O) groups excluding carboxylic acids is 2. The number of hydrogen-bond acceptors (Lipinski definition) is 3. The molecule has 0 radical (unpaired) electrons. The van der Waals surface area contributed by atoms with Crippen molar-refractivity contribution in [1.29, 1.82) is 0 Å². The van der Waals surface area contributed by atoms with Crippen LogP contribution in [0.2, 0.25) is 0 Å². The van der Waals surface area contributed by atoms with Crippen LogP contribution in [0.5, 0.6) is 0 Å². The van der Waals surface area contributed by atoms with Gasteiger partial charge in [-0.05, 0) is 43.6 Å². The van der Waals surface area contributed by atoms with E-state index >= 15 is 0 Å². The Morgan fingerprint density at radius 2 is 1.87 bits per heavy atom. The van der Waals surface area contributed by atoms with Gasteiger partial charge in [0.15, 0.2) is 0 Å². The number of rotatable bonds is 3. The number of carbonyl (C=O) groups is 2. The van der Waals surface area contributed by atoms with Crippen molar-refractivity contribution in [1.82, 2.24) is 5.32 Å². The van der Waals surface area contributed by atoms with Crippen molar-refractivity contribution in [3.63, 3.8) is 0 Å². The van der Waals surface area contributed by atoms with Gasteiger partial charge in [-0.3, -0.25) is 9.59 Å². The zero-order valence-electron chi connectivity index (χ0n) is 14.0. The lowest BCUT2D eigenvalue weighted by Gasteiger charge is -2.20. The molecular formula is C18H26N2O2S. The minimum atomic E-state index is -0.0732. The number of amides is 2. The first kappa shape index (κ1) is 16.5. The highest BCUT2D eigenvalue weighted by molar-refractivity contribution is 7.17. The van der Waals surface area contributed by atoms with E-state index in [2.05, 4.69) is 17.6 Å². The van der Waals surface area contributed by atoms with Crippen molar-refractivity contribution in [3.05, 3.63) is 16.0 Å². The summed E-state index contributed by atoms with van der Waals surface area (Å²) in [6, 6.07) is 0. The number of thiophene rings is 1. The molecule has 0 aromatic carbocycles. The van der Waals surface area contributed by atoms with Gasteiger partial charge in [0.1, 0.15) is 5.00 Å². The normalized spacial score (nSPS) is 21.6. The minimum Gasteiger partial charge on any atom is -0.355 e. The van der Waals surface area contributed by atoms with Crippen LogP contribution >= 0.6 is 11.3 Å². The maximum absolute atomic E-state index is 12.6. The van der Waals surface area contributed by atoms with Crippen molar-refractivity contribution in [2.75, 3.05) is 12.4 Å². The van der Waals surface area contributed by atoms with Crippen molar-refractivity contribution >= 4 is 28.2 Å². The predicted octanol–water partition coefficient (Wildman–Crippen LogP) is 3.75. The fourth-order valence-electron chi connectivity index (χ4n) is 3.78. The van der Waals surface area contributed by atoms with Gasteiger partial charge >= 0.3 is 0 Å². The molecule has 23 heavy (non-hydrogen) atoms. The quantitative estimate of drug-likeness (QED) is 0.884. The third-order valence-corrected chi connectivity index (χ3v) is 6.35. The Bertz CT molecular complexity index is 602. The number of anilines is 1. The Morgan fingerprint density at radius 3 is 2.57 bits per heavy atom. The number of hydrogen-bond donors (Lipinski definition) is 2. The highest BCUT2D eigenvalue weighted by Crippen LogP contribution is 2.40. The molecule has 2 aliphatic carbocycles. The third kappa shape index (κ3) is 3.44. The van der Waals surface area contributed by atoms with Gasteiger partial charge in [0.2, 0.25) is 5.91 Å². The minimum absolute atomic E-state index is 0.0732. The summed E-state index contributed by atoms with van der Waals surface area (Å²) in [5.74, 6) is 0.789. The van der Waals surface area contributed by atoms with Crippen molar-refractivity contribution in [2.45, 2.75) is 58.3 Å². The standard InChI is InChI=1S/C18H26N2O2S/c1-11-8-9-13-14(10-11)23-18(15(13)17(22)19-2)20-16(21)12-6-4-3-5-7-12/h11-12H,3-10H2,1-2H3,(H,19,22)(H,20,21)/t11-/m0/s1. The summed E-state index contributed by atoms with van der Waals surface area (Å²) in [7, 11) is 1.66. The van der Waals surface area contributed by atoms with Crippen LogP contribution in [0.4, 0.5) is 5.00 Å². The molecule has 2 N–H and O–H groups in total. The summed E-state index contributed by atoms with van der Waals surface area (Å²) in [6.07, 6.45) is 8.53. The van der Waals surface area contributed by atoms with Crippen LogP contribution in [-0.4, -0.2) is 18.9 Å². The van der Waals surface area contributed by atoms with E-state index in [0.29, 0.717) is 11.5 Å². The first-order valence-electron chi connectivity index (χ1n) is 8.77. The Morgan fingerprint density at radius 1 is 1.13 bits per heavy atom. The monoisotopic (exact) mass is 334 g/mol. The van der Waals surface area contributed by atoms with Crippen LogP contribution in [-0.2, 0) is 17.6 Å². The van der Waals surface area contributed by atoms with Crippen LogP contribution in [0.15, 0.2) is 0 Å². The molecule has 1 aromatic rings. The molecule has 1 heterocycles. The molecule has 1 aromatic heterocycles. The zero-order valence-corrected chi connectivity index (χ0v) is 14.9. The van der Waals surface area contributed by atoms with Gasteiger partial charge in [0, 0.05) is 17.8 Å². The molecule has 2 aliphatic rings. The van der Waals surface area contributed by atoms with E-state index in [1.807, 2.05) is 0 Å². The van der Waals surface area contributed by atoms with Crippen molar-refractivity contribution in [3.8, 4) is 0 Å². The fourth-order valence-corrected chi connectivity index (χ4v) is 5.19. The SMILES string of the molecule is CNC(=O)c1c(NC(=O)C2CCCCC2)sc2c1CC[C@H](C)C2. The maximum atomic E-state index is 12.6. The molecule has 0 bridgehead atoms. The predicted molar refractivity (Wildman–Crippen MR) is 94.1 cm³/mol. The molecule has 2 amide bonds. The molecule has 1 atom stereocenters. The molecule has 126 valence electrons. The maximum Gasteiger partial charge on any atom is 0.254 e. The first-order chi connectivity index (χ1) is 11.1. The highest BCUT2D eigenvalue weighted by Gasteiger charge is 2.29. The molecular weight excluding hydrogens is 308 g/mol. The molecule has 1 fully saturated rings. The summed E-state index contributed by atoms with van der Waals surface area (Å²) in [5, 5.41) is 6.59. The summed E-state index contributed by atoms with van der Waals surface area (Å²) in [6.45, 7) is 2.25. The molecule has 0 spiro atoms. The second-order valence-electron chi connectivity index (χ2n) is 6.96. The first-order valence-corrected chi connectivity index (χ1v) is 9.59. The van der Waals surface area contributed by atoms with Crippen LogP contribution in [0, 0.1) is 11.8 Å². The molecule has 0 aliphatic heterocycles. The van der Waals surface area contributed by atoms with Gasteiger partial charge < -0.3 is 10.6 Å². The van der Waals surface area contributed by atoms with Crippen molar-refractivity contribution in [2.24, 2.45) is 11.8 Å². The van der Waals surface area contributed by atoms with Crippen LogP contribution < -0.4 is 10.6 Å². The molecule has 1 saturated carbocycles. The summed E-state index contributed by atoms with van der Waals surface area (Å²) in [4.78, 5) is 26.2. The highest BCUT2D eigenvalue weighted by atomic mass is 32.1. The van der Waals surface area contributed by atoms with E-state index in [1.54, 1.807) is 18.4 Å². The Kier molecular flexibility index (Phi) is 5.05. The van der Waals surface area contributed by atoms with Gasteiger partial charge in [0.05, 0.1) is 5.56 Å². The number of fused-ring (bicyclic) bond motifs is 1. The van der Waals surface area contributed by atoms with Crippen LogP contribution in [0.1, 0.15) is 66.2 Å². The van der Waals surface area contributed by atoms with Gasteiger partial charge in [-0.25, -0.2) is 0 Å². The van der Waals surface area contributed by atoms with Gasteiger partial charge in [0.25, 0.3) is 5.91 Å². The van der Waals surface area contributed by atoms with Gasteiger partial charge in [-0.2, -0.15) is 0 Å². The van der Waals surface area contributed by atoms with Crippen LogP contribution in [0.3, 0.4) is 0 Å². The lowest BCUT2D eigenvalue weighted by atomic mass is 9.87. The third-order valence-electron chi connectivity index (χ3n) is 5.18. The second kappa shape index (κ2) is 7.04. The van der Waals surface area contributed by atoms with E-state index < -0.39 is 0 Å². The van der Waals surface area contributed by atoms with Gasteiger partial charge in [-0.1, -0.05) is 26.2 Å². The molecule has 4 nitrogen and oxygen atoms in total. The second-order valence-corrected chi connectivity index (χ2v) is 8.06. The molecule has 0 unspecified atom stereocenters. The van der Waals surface area contributed by atoms with Crippen molar-refractivity contribution < 1.29 is 9.59 Å². The molecule has 3 rings (SSSR count). The zero-order chi connectivity index (χ0) is 16.4. The lowest BCUT2D eigenvalue weighted by Crippen LogP contribution is -2.26. The molecule has 5 heteroatoms. The summed E-state index contributed by atoms with van der Waals surface area (Å²) < 4.78 is 0. The fraction of sp³-hybridized carbons (Fsp3) is 0.667. The average molecular weight is 334 g/mol. The lowest BCUT2D eigenvalue weighted by molar-refractivity contribution is -0.120. The van der Waals surface area contributed by atoms with E-state index in [-0.39, 0.29) is 17.7 Å². The topological polar surface area (TPSA) is 58.2 Å². The van der Waals surface area contributed by atoms with E-state index in [9.17, 15) is 9.59 Å². The average Bonchev–Trinajstić information content (AvgIpc) is 2.91. The van der Waals surface area contributed by atoms with E-state index in [4.69, 9.17) is 0 Å². The Labute approximate surface area is 142 Å². The largest absolute Gasteiger partial charge is 0.355 e. The van der Waals surface area contributed by atoms with Gasteiger partial charge in [-0.15, -0.1) is 11.3 Å². The molecule has 0 saturated heterocycles. The summed E-state index contributed by atoms with van der Waals surface area (Å²) >= 11 is 1.61. The summed E-state index contributed by atoms with van der Waals surface area (Å²) in [5.41, 5.74) is 1.87. The Hall–Kier alpha value is -1.36.